The van der Waals surface area contributed by atoms with Crippen molar-refractivity contribution in [3.8, 4) is 5.75 Å². The number of likely N-dealkylation sites (tertiary alicyclic amines) is 1. The molecule has 2 aromatic rings. The Morgan fingerprint density at radius 3 is 2.95 bits per heavy atom. The summed E-state index contributed by atoms with van der Waals surface area (Å²) in [7, 11) is 1.70. The Balaban J connectivity index is 1.81. The lowest BCUT2D eigenvalue weighted by atomic mass is 10.0. The van der Waals surface area contributed by atoms with E-state index < -0.39 is 0 Å². The summed E-state index contributed by atoms with van der Waals surface area (Å²) in [6.07, 6.45) is 1.14. The van der Waals surface area contributed by atoms with Crippen LogP contribution in [0.4, 0.5) is 0 Å². The molecule has 0 N–H and O–H groups in total. The van der Waals surface area contributed by atoms with Crippen LogP contribution in [0.3, 0.4) is 0 Å². The van der Waals surface area contributed by atoms with E-state index in [0.717, 1.165) is 18.7 Å². The highest BCUT2D eigenvalue weighted by Crippen LogP contribution is 2.37. The SMILES string of the molecule is COc1cccc([C@@H]2C[C@H](C)CN2Cc2nnc(C)o2)c1. The van der Waals surface area contributed by atoms with Gasteiger partial charge in [-0.3, -0.25) is 4.90 Å². The minimum atomic E-state index is 0.377. The van der Waals surface area contributed by atoms with Gasteiger partial charge < -0.3 is 9.15 Å². The minimum absolute atomic E-state index is 0.377. The van der Waals surface area contributed by atoms with E-state index in [1.165, 1.54) is 5.56 Å². The molecule has 2 heterocycles. The lowest BCUT2D eigenvalue weighted by molar-refractivity contribution is 0.219. The van der Waals surface area contributed by atoms with Crippen LogP contribution in [0.5, 0.6) is 5.75 Å². The van der Waals surface area contributed by atoms with Crippen LogP contribution >= 0.6 is 0 Å². The van der Waals surface area contributed by atoms with Gasteiger partial charge in [-0.05, 0) is 30.0 Å². The monoisotopic (exact) mass is 287 g/mol. The molecule has 0 aliphatic carbocycles. The zero-order chi connectivity index (χ0) is 14.8. The third-order valence-corrected chi connectivity index (χ3v) is 4.00. The second-order valence-electron chi connectivity index (χ2n) is 5.78. The summed E-state index contributed by atoms with van der Waals surface area (Å²) in [5.41, 5.74) is 1.29. The standard InChI is InChI=1S/C16H21N3O2/c1-11-7-15(13-5-4-6-14(8-13)20-3)19(9-11)10-16-18-17-12(2)21-16/h4-6,8,11,15H,7,9-10H2,1-3H3/t11-,15-/m0/s1. The van der Waals surface area contributed by atoms with E-state index in [0.29, 0.717) is 30.3 Å². The topological polar surface area (TPSA) is 51.4 Å². The van der Waals surface area contributed by atoms with Crippen molar-refractivity contribution in [3.63, 3.8) is 0 Å². The third kappa shape index (κ3) is 3.08. The van der Waals surface area contributed by atoms with Gasteiger partial charge in [0.15, 0.2) is 0 Å². The van der Waals surface area contributed by atoms with Crippen molar-refractivity contribution in [3.05, 3.63) is 41.6 Å². The maximum atomic E-state index is 5.52. The van der Waals surface area contributed by atoms with Gasteiger partial charge in [0.25, 0.3) is 0 Å². The number of hydrogen-bond donors (Lipinski definition) is 0. The van der Waals surface area contributed by atoms with Gasteiger partial charge in [-0.15, -0.1) is 10.2 Å². The molecule has 5 heteroatoms. The molecule has 0 amide bonds. The van der Waals surface area contributed by atoms with Gasteiger partial charge in [0.05, 0.1) is 13.7 Å². The quantitative estimate of drug-likeness (QED) is 0.865. The molecule has 1 saturated heterocycles. The number of nitrogens with zero attached hydrogens (tertiary/aromatic N) is 3. The molecule has 1 aromatic heterocycles. The molecule has 1 fully saturated rings. The fraction of sp³-hybridized carbons (Fsp3) is 0.500. The second kappa shape index (κ2) is 5.85. The molecular weight excluding hydrogens is 266 g/mol. The Morgan fingerprint density at radius 1 is 1.38 bits per heavy atom. The van der Waals surface area contributed by atoms with Gasteiger partial charge in [-0.1, -0.05) is 19.1 Å². The van der Waals surface area contributed by atoms with Crippen molar-refractivity contribution in [2.75, 3.05) is 13.7 Å². The van der Waals surface area contributed by atoms with Crippen LogP contribution in [0, 0.1) is 12.8 Å². The van der Waals surface area contributed by atoms with Gasteiger partial charge in [0.1, 0.15) is 5.75 Å². The first-order chi connectivity index (χ1) is 10.2. The molecule has 0 saturated carbocycles. The van der Waals surface area contributed by atoms with Crippen molar-refractivity contribution in [1.82, 2.24) is 15.1 Å². The van der Waals surface area contributed by atoms with Crippen LogP contribution in [-0.4, -0.2) is 28.8 Å². The molecule has 21 heavy (non-hydrogen) atoms. The predicted octanol–water partition coefficient (Wildman–Crippen LogP) is 2.97. The highest BCUT2D eigenvalue weighted by Gasteiger charge is 2.31. The summed E-state index contributed by atoms with van der Waals surface area (Å²) in [6, 6.07) is 8.69. The van der Waals surface area contributed by atoms with Gasteiger partial charge in [0.2, 0.25) is 11.8 Å². The Morgan fingerprint density at radius 2 is 2.24 bits per heavy atom. The normalized spacial score (nSPS) is 22.6. The van der Waals surface area contributed by atoms with E-state index in [2.05, 4.69) is 34.2 Å². The molecule has 0 bridgehead atoms. The number of aryl methyl sites for hydroxylation is 1. The van der Waals surface area contributed by atoms with Crippen LogP contribution in [0.2, 0.25) is 0 Å². The molecule has 0 unspecified atom stereocenters. The number of ether oxygens (including phenoxy) is 1. The van der Waals surface area contributed by atoms with Crippen LogP contribution in [0.1, 0.15) is 36.7 Å². The van der Waals surface area contributed by atoms with Gasteiger partial charge in [0, 0.05) is 19.5 Å². The van der Waals surface area contributed by atoms with E-state index >= 15 is 0 Å². The number of benzene rings is 1. The van der Waals surface area contributed by atoms with Crippen molar-refractivity contribution in [2.45, 2.75) is 32.9 Å². The van der Waals surface area contributed by atoms with E-state index in [-0.39, 0.29) is 0 Å². The van der Waals surface area contributed by atoms with Crippen LogP contribution in [-0.2, 0) is 6.54 Å². The van der Waals surface area contributed by atoms with E-state index in [1.54, 1.807) is 7.11 Å². The molecule has 1 aromatic carbocycles. The highest BCUT2D eigenvalue weighted by atomic mass is 16.5. The number of aromatic nitrogens is 2. The maximum Gasteiger partial charge on any atom is 0.230 e. The first-order valence-corrected chi connectivity index (χ1v) is 7.32. The summed E-state index contributed by atoms with van der Waals surface area (Å²) >= 11 is 0. The smallest absolute Gasteiger partial charge is 0.230 e. The average Bonchev–Trinajstić information content (AvgIpc) is 3.05. The third-order valence-electron chi connectivity index (χ3n) is 4.00. The van der Waals surface area contributed by atoms with E-state index in [9.17, 15) is 0 Å². The van der Waals surface area contributed by atoms with Gasteiger partial charge in [-0.2, -0.15) is 0 Å². The lowest BCUT2D eigenvalue weighted by Gasteiger charge is -2.23. The Labute approximate surface area is 124 Å². The first kappa shape index (κ1) is 14.1. The first-order valence-electron chi connectivity index (χ1n) is 7.32. The number of rotatable bonds is 4. The summed E-state index contributed by atoms with van der Waals surface area (Å²) in [5, 5.41) is 8.02. The van der Waals surface area contributed by atoms with Crippen LogP contribution in [0.15, 0.2) is 28.7 Å². The second-order valence-corrected chi connectivity index (χ2v) is 5.78. The Hall–Kier alpha value is -1.88. The van der Waals surface area contributed by atoms with Gasteiger partial charge in [-0.25, -0.2) is 0 Å². The Kier molecular flexibility index (Phi) is 3.92. The molecule has 1 aliphatic rings. The van der Waals surface area contributed by atoms with Crippen LogP contribution < -0.4 is 4.74 Å². The molecule has 3 rings (SSSR count). The highest BCUT2D eigenvalue weighted by molar-refractivity contribution is 5.31. The Bertz CT molecular complexity index is 611. The van der Waals surface area contributed by atoms with Crippen molar-refractivity contribution >= 4 is 0 Å². The van der Waals surface area contributed by atoms with Crippen molar-refractivity contribution in [1.29, 1.82) is 0 Å². The largest absolute Gasteiger partial charge is 0.497 e. The molecular formula is C16H21N3O2. The van der Waals surface area contributed by atoms with E-state index in [4.69, 9.17) is 9.15 Å². The molecule has 2 atom stereocenters. The molecule has 112 valence electrons. The summed E-state index contributed by atoms with van der Waals surface area (Å²) < 4.78 is 10.9. The zero-order valence-electron chi connectivity index (χ0n) is 12.7. The number of methoxy groups -OCH3 is 1. The predicted molar refractivity (Wildman–Crippen MR) is 79.0 cm³/mol. The maximum absolute atomic E-state index is 5.52. The average molecular weight is 287 g/mol. The number of hydrogen-bond acceptors (Lipinski definition) is 5. The van der Waals surface area contributed by atoms with E-state index in [1.807, 2.05) is 19.1 Å². The molecule has 5 nitrogen and oxygen atoms in total. The van der Waals surface area contributed by atoms with Crippen molar-refractivity contribution in [2.24, 2.45) is 5.92 Å². The molecule has 1 aliphatic heterocycles. The van der Waals surface area contributed by atoms with Crippen molar-refractivity contribution < 1.29 is 9.15 Å². The molecule has 0 spiro atoms. The fourth-order valence-electron chi connectivity index (χ4n) is 3.08. The lowest BCUT2D eigenvalue weighted by Crippen LogP contribution is -2.23. The fourth-order valence-corrected chi connectivity index (χ4v) is 3.08. The zero-order valence-corrected chi connectivity index (χ0v) is 12.7. The summed E-state index contributed by atoms with van der Waals surface area (Å²) in [4.78, 5) is 2.41. The van der Waals surface area contributed by atoms with Crippen LogP contribution in [0.25, 0.3) is 0 Å². The van der Waals surface area contributed by atoms with Gasteiger partial charge >= 0.3 is 0 Å². The summed E-state index contributed by atoms with van der Waals surface area (Å²) in [6.45, 7) is 5.85. The molecule has 0 radical (unpaired) electrons. The summed E-state index contributed by atoms with van der Waals surface area (Å²) in [5.74, 6) is 2.87. The minimum Gasteiger partial charge on any atom is -0.497 e.